The number of nitrogens with zero attached hydrogens (tertiary/aromatic N) is 6. The maximum Gasteiger partial charge on any atom is 0.341 e. The van der Waals surface area contributed by atoms with E-state index >= 15 is 0 Å². The second kappa shape index (κ2) is 9.48. The highest BCUT2D eigenvalue weighted by atomic mass is 79.9. The van der Waals surface area contributed by atoms with Crippen LogP contribution in [0.25, 0.3) is 17.0 Å². The third kappa shape index (κ3) is 4.42. The minimum absolute atomic E-state index is 0. The molecule has 0 bridgehead atoms. The fourth-order valence-corrected chi connectivity index (χ4v) is 3.53. The topological polar surface area (TPSA) is 97.0 Å². The standard InChI is InChI=1S/C20H19BrN6O3.H2S/c1-4-30-19(28)14-9-22-26(11-14)20-24-16-10-23-27(17(16)18(25-20)29-3)12(2)13-6-5-7-15(21)8-13;/h5-12H,4H2,1-3H3;1H2/t12-;/m0./s1. The SMILES string of the molecule is CCOC(=O)c1cnn(-c2nc(OC)c3c(cnn3[C@@H](C)c3cccc(Br)c3)n2)c1.S. The number of halogens is 1. The van der Waals surface area contributed by atoms with Gasteiger partial charge in [-0.3, -0.25) is 4.68 Å². The first-order chi connectivity index (χ1) is 14.5. The van der Waals surface area contributed by atoms with E-state index in [2.05, 4.69) is 36.1 Å². The van der Waals surface area contributed by atoms with Crippen LogP contribution in [0.5, 0.6) is 5.88 Å². The van der Waals surface area contributed by atoms with Crippen molar-refractivity contribution in [2.75, 3.05) is 13.7 Å². The van der Waals surface area contributed by atoms with Gasteiger partial charge in [0, 0.05) is 10.7 Å². The summed E-state index contributed by atoms with van der Waals surface area (Å²) in [5.41, 5.74) is 2.67. The predicted octanol–water partition coefficient (Wildman–Crippen LogP) is 3.68. The van der Waals surface area contributed by atoms with Gasteiger partial charge < -0.3 is 9.47 Å². The summed E-state index contributed by atoms with van der Waals surface area (Å²) in [6.45, 7) is 4.08. The molecule has 1 aromatic carbocycles. The number of methoxy groups -OCH3 is 1. The molecule has 1 atom stereocenters. The lowest BCUT2D eigenvalue weighted by atomic mass is 10.1. The number of carbonyl (C=O) groups excluding carboxylic acids is 1. The average Bonchev–Trinajstić information content (AvgIpc) is 3.40. The zero-order chi connectivity index (χ0) is 21.3. The molecule has 31 heavy (non-hydrogen) atoms. The van der Waals surface area contributed by atoms with E-state index in [1.54, 1.807) is 20.2 Å². The molecule has 11 heteroatoms. The van der Waals surface area contributed by atoms with Gasteiger partial charge >= 0.3 is 5.97 Å². The van der Waals surface area contributed by atoms with Crippen LogP contribution in [0.1, 0.15) is 35.8 Å². The molecule has 9 nitrogen and oxygen atoms in total. The molecule has 3 aromatic heterocycles. The van der Waals surface area contributed by atoms with E-state index in [9.17, 15) is 4.79 Å². The number of aromatic nitrogens is 6. The number of hydrogen-bond donors (Lipinski definition) is 0. The van der Waals surface area contributed by atoms with Gasteiger partial charge in [-0.2, -0.15) is 28.7 Å². The zero-order valence-corrected chi connectivity index (χ0v) is 19.7. The summed E-state index contributed by atoms with van der Waals surface area (Å²) in [7, 11) is 1.54. The molecule has 0 aliphatic rings. The quantitative estimate of drug-likeness (QED) is 0.369. The molecular weight excluding hydrogens is 484 g/mol. The van der Waals surface area contributed by atoms with Gasteiger partial charge in [0.25, 0.3) is 5.95 Å². The van der Waals surface area contributed by atoms with Gasteiger partial charge in [-0.25, -0.2) is 14.5 Å². The smallest absolute Gasteiger partial charge is 0.341 e. The number of benzene rings is 1. The lowest BCUT2D eigenvalue weighted by Crippen LogP contribution is -2.10. The van der Waals surface area contributed by atoms with Crippen LogP contribution in [0.2, 0.25) is 0 Å². The lowest BCUT2D eigenvalue weighted by molar-refractivity contribution is 0.0526. The molecule has 0 N–H and O–H groups in total. The van der Waals surface area contributed by atoms with Gasteiger partial charge in [0.15, 0.2) is 0 Å². The van der Waals surface area contributed by atoms with Crippen molar-refractivity contribution >= 4 is 46.4 Å². The Bertz CT molecular complexity index is 1220. The van der Waals surface area contributed by atoms with Crippen LogP contribution in [0.3, 0.4) is 0 Å². The number of fused-ring (bicyclic) bond motifs is 1. The fourth-order valence-electron chi connectivity index (χ4n) is 3.12. The van der Waals surface area contributed by atoms with Gasteiger partial charge in [0.05, 0.1) is 37.7 Å². The number of esters is 1. The Balaban J connectivity index is 0.00000272. The molecule has 0 spiro atoms. The average molecular weight is 505 g/mol. The molecule has 0 saturated heterocycles. The number of ether oxygens (including phenoxy) is 2. The Morgan fingerprint density at radius 2 is 2.03 bits per heavy atom. The van der Waals surface area contributed by atoms with Crippen LogP contribution in [-0.4, -0.2) is 49.2 Å². The largest absolute Gasteiger partial charge is 0.479 e. The Labute approximate surface area is 194 Å². The van der Waals surface area contributed by atoms with Gasteiger partial charge in [-0.1, -0.05) is 28.1 Å². The van der Waals surface area contributed by atoms with Crippen LogP contribution in [0.15, 0.2) is 47.3 Å². The second-order valence-corrected chi connectivity index (χ2v) is 7.40. The van der Waals surface area contributed by atoms with Crippen LogP contribution in [0.4, 0.5) is 0 Å². The number of carbonyl (C=O) groups is 1. The predicted molar refractivity (Wildman–Crippen MR) is 123 cm³/mol. The van der Waals surface area contributed by atoms with E-state index in [-0.39, 0.29) is 32.1 Å². The van der Waals surface area contributed by atoms with Crippen molar-refractivity contribution in [3.8, 4) is 11.8 Å². The molecule has 162 valence electrons. The molecule has 0 fully saturated rings. The number of rotatable bonds is 6. The van der Waals surface area contributed by atoms with E-state index in [1.807, 2.05) is 35.9 Å². The Morgan fingerprint density at radius 1 is 1.23 bits per heavy atom. The highest BCUT2D eigenvalue weighted by molar-refractivity contribution is 9.10. The summed E-state index contributed by atoms with van der Waals surface area (Å²) in [6.07, 6.45) is 4.59. The van der Waals surface area contributed by atoms with Crippen molar-refractivity contribution in [1.82, 2.24) is 29.5 Å². The molecule has 4 rings (SSSR count). The first-order valence-electron chi connectivity index (χ1n) is 9.28. The van der Waals surface area contributed by atoms with Crippen molar-refractivity contribution in [1.29, 1.82) is 0 Å². The van der Waals surface area contributed by atoms with Gasteiger partial charge in [0.1, 0.15) is 11.0 Å². The Morgan fingerprint density at radius 3 is 2.74 bits per heavy atom. The molecule has 0 saturated carbocycles. The maximum atomic E-state index is 11.9. The molecule has 0 unspecified atom stereocenters. The van der Waals surface area contributed by atoms with Crippen molar-refractivity contribution in [2.24, 2.45) is 0 Å². The maximum absolute atomic E-state index is 11.9. The summed E-state index contributed by atoms with van der Waals surface area (Å²) in [6, 6.07) is 7.96. The molecular formula is C20H21BrN6O3S. The number of hydrogen-bond acceptors (Lipinski definition) is 7. The molecule has 0 aliphatic carbocycles. The first kappa shape index (κ1) is 22.8. The monoisotopic (exact) mass is 504 g/mol. The molecule has 0 radical (unpaired) electrons. The van der Waals surface area contributed by atoms with E-state index in [0.717, 1.165) is 10.0 Å². The summed E-state index contributed by atoms with van der Waals surface area (Å²) in [5, 5.41) is 8.69. The summed E-state index contributed by atoms with van der Waals surface area (Å²) < 4.78 is 14.8. The van der Waals surface area contributed by atoms with Crippen molar-refractivity contribution in [3.63, 3.8) is 0 Å². The van der Waals surface area contributed by atoms with Crippen LogP contribution in [0, 0.1) is 0 Å². The van der Waals surface area contributed by atoms with Crippen molar-refractivity contribution in [2.45, 2.75) is 19.9 Å². The van der Waals surface area contributed by atoms with E-state index in [4.69, 9.17) is 9.47 Å². The highest BCUT2D eigenvalue weighted by Crippen LogP contribution is 2.29. The minimum Gasteiger partial charge on any atom is -0.479 e. The molecule has 0 aliphatic heterocycles. The highest BCUT2D eigenvalue weighted by Gasteiger charge is 2.20. The summed E-state index contributed by atoms with van der Waals surface area (Å²) >= 11 is 3.51. The molecule has 0 amide bonds. The fraction of sp³-hybridized carbons (Fsp3) is 0.250. The zero-order valence-electron chi connectivity index (χ0n) is 17.1. The van der Waals surface area contributed by atoms with E-state index in [1.165, 1.54) is 17.1 Å². The molecule has 4 aromatic rings. The molecule has 3 heterocycles. The van der Waals surface area contributed by atoms with Crippen LogP contribution >= 0.6 is 29.4 Å². The third-order valence-electron chi connectivity index (χ3n) is 4.59. The van der Waals surface area contributed by atoms with Crippen molar-refractivity contribution < 1.29 is 14.3 Å². The van der Waals surface area contributed by atoms with Gasteiger partial charge in [-0.15, -0.1) is 0 Å². The first-order valence-corrected chi connectivity index (χ1v) is 10.1. The van der Waals surface area contributed by atoms with E-state index in [0.29, 0.717) is 22.5 Å². The van der Waals surface area contributed by atoms with Crippen LogP contribution < -0.4 is 4.74 Å². The normalized spacial score (nSPS) is 11.7. The second-order valence-electron chi connectivity index (χ2n) is 6.48. The third-order valence-corrected chi connectivity index (χ3v) is 5.08. The van der Waals surface area contributed by atoms with Crippen LogP contribution in [-0.2, 0) is 4.74 Å². The Hall–Kier alpha value is -2.92. The van der Waals surface area contributed by atoms with Gasteiger partial charge in [-0.05, 0) is 31.5 Å². The minimum atomic E-state index is -0.451. The summed E-state index contributed by atoms with van der Waals surface area (Å²) in [4.78, 5) is 20.9. The van der Waals surface area contributed by atoms with Gasteiger partial charge in [0.2, 0.25) is 5.88 Å². The van der Waals surface area contributed by atoms with Crippen molar-refractivity contribution in [3.05, 3.63) is 58.5 Å². The lowest BCUT2D eigenvalue weighted by Gasteiger charge is -2.15. The summed E-state index contributed by atoms with van der Waals surface area (Å²) in [5.74, 6) is 0.180. The Kier molecular flexibility index (Phi) is 6.96. The van der Waals surface area contributed by atoms with E-state index < -0.39 is 5.97 Å².